The number of hydrogen-bond donors (Lipinski definition) is 3. The highest BCUT2D eigenvalue weighted by Gasteiger charge is 2.33. The van der Waals surface area contributed by atoms with Crippen molar-refractivity contribution in [3.05, 3.63) is 35.5 Å². The van der Waals surface area contributed by atoms with Crippen LogP contribution in [0, 0.1) is 5.92 Å². The molecule has 32 heavy (non-hydrogen) atoms. The molecule has 4 N–H and O–H groups in total. The maximum absolute atomic E-state index is 13.2. The van der Waals surface area contributed by atoms with E-state index >= 15 is 0 Å². The van der Waals surface area contributed by atoms with Crippen LogP contribution in [0.15, 0.2) is 24.3 Å². The van der Waals surface area contributed by atoms with Gasteiger partial charge in [-0.1, -0.05) is 13.3 Å². The summed E-state index contributed by atoms with van der Waals surface area (Å²) in [5, 5.41) is 6.65. The van der Waals surface area contributed by atoms with Crippen LogP contribution < -0.4 is 21.3 Å². The molecule has 9 heteroatoms. The van der Waals surface area contributed by atoms with Crippen molar-refractivity contribution in [3.8, 4) is 0 Å². The van der Waals surface area contributed by atoms with Crippen molar-refractivity contribution in [1.82, 2.24) is 15.3 Å². The number of rotatable bonds is 8. The number of hydrogen-bond acceptors (Lipinski definition) is 6. The second-order valence-electron chi connectivity index (χ2n) is 8.85. The first-order chi connectivity index (χ1) is 15.3. The molecule has 4 rings (SSSR count). The standard InChI is InChI=1S/C23H31F3N6/c1-2-4-16-12-21(32-10-3-5-18(14-32)28-13-15-6-7-15)31-22(29-16)30-17-8-9-20(27)19(11-17)23(24,25)26/h8-9,11-12,15,18,28H,2-7,10,13-14,27H2,1H3,(H,29,30,31). The monoisotopic (exact) mass is 448 g/mol. The van der Waals surface area contributed by atoms with Crippen molar-refractivity contribution < 1.29 is 13.2 Å². The van der Waals surface area contributed by atoms with Gasteiger partial charge in [-0.25, -0.2) is 4.98 Å². The maximum atomic E-state index is 13.2. The third-order valence-corrected chi connectivity index (χ3v) is 6.02. The zero-order valence-electron chi connectivity index (χ0n) is 18.4. The van der Waals surface area contributed by atoms with E-state index < -0.39 is 11.7 Å². The van der Waals surface area contributed by atoms with Crippen molar-refractivity contribution in [2.75, 3.05) is 35.6 Å². The van der Waals surface area contributed by atoms with Crippen molar-refractivity contribution in [1.29, 1.82) is 0 Å². The Morgan fingerprint density at radius 1 is 1.16 bits per heavy atom. The van der Waals surface area contributed by atoms with Crippen LogP contribution >= 0.6 is 0 Å². The maximum Gasteiger partial charge on any atom is 0.418 e. The number of nitrogens with one attached hydrogen (secondary N) is 2. The minimum Gasteiger partial charge on any atom is -0.398 e. The minimum absolute atomic E-state index is 0.258. The summed E-state index contributed by atoms with van der Waals surface area (Å²) in [6.07, 6.45) is 2.04. The Morgan fingerprint density at radius 2 is 1.97 bits per heavy atom. The lowest BCUT2D eigenvalue weighted by atomic mass is 10.1. The molecule has 174 valence electrons. The van der Waals surface area contributed by atoms with Gasteiger partial charge in [-0.05, 0) is 62.8 Å². The van der Waals surface area contributed by atoms with Crippen LogP contribution in [0.1, 0.15) is 50.3 Å². The summed E-state index contributed by atoms with van der Waals surface area (Å²) in [5.41, 5.74) is 5.48. The van der Waals surface area contributed by atoms with E-state index in [1.807, 2.05) is 6.07 Å². The lowest BCUT2D eigenvalue weighted by Crippen LogP contribution is -2.46. The van der Waals surface area contributed by atoms with Crippen LogP contribution in [0.25, 0.3) is 0 Å². The number of piperidine rings is 1. The van der Waals surface area contributed by atoms with E-state index in [0.717, 1.165) is 68.8 Å². The third-order valence-electron chi connectivity index (χ3n) is 6.02. The SMILES string of the molecule is CCCc1cc(N2CCCC(NCC3CC3)C2)nc(Nc2ccc(N)c(C(F)(F)F)c2)n1. The number of benzene rings is 1. The quantitative estimate of drug-likeness (QED) is 0.506. The Balaban J connectivity index is 1.54. The molecule has 6 nitrogen and oxygen atoms in total. The van der Waals surface area contributed by atoms with E-state index in [0.29, 0.717) is 12.0 Å². The summed E-state index contributed by atoms with van der Waals surface area (Å²) in [5.74, 6) is 1.95. The topological polar surface area (TPSA) is 79.1 Å². The number of halogens is 3. The molecule has 1 aromatic heterocycles. The van der Waals surface area contributed by atoms with Gasteiger partial charge in [0.15, 0.2) is 0 Å². The summed E-state index contributed by atoms with van der Waals surface area (Å²) >= 11 is 0. The zero-order valence-corrected chi connectivity index (χ0v) is 18.4. The van der Waals surface area contributed by atoms with Gasteiger partial charge in [-0.15, -0.1) is 0 Å². The van der Waals surface area contributed by atoms with Gasteiger partial charge >= 0.3 is 6.18 Å². The van der Waals surface area contributed by atoms with Gasteiger partial charge < -0.3 is 21.3 Å². The predicted molar refractivity (Wildman–Crippen MR) is 121 cm³/mol. The Morgan fingerprint density at radius 3 is 2.69 bits per heavy atom. The molecule has 0 amide bonds. The van der Waals surface area contributed by atoms with Crippen LogP contribution in [0.4, 0.5) is 36.3 Å². The van der Waals surface area contributed by atoms with Gasteiger partial charge in [-0.3, -0.25) is 0 Å². The van der Waals surface area contributed by atoms with Crippen LogP contribution in [0.3, 0.4) is 0 Å². The largest absolute Gasteiger partial charge is 0.418 e. The summed E-state index contributed by atoms with van der Waals surface area (Å²) in [6, 6.07) is 6.20. The number of nitrogens with zero attached hydrogens (tertiary/aromatic N) is 3. The molecule has 0 bridgehead atoms. The van der Waals surface area contributed by atoms with Gasteiger partial charge in [0.05, 0.1) is 5.56 Å². The van der Waals surface area contributed by atoms with Crippen LogP contribution in [-0.4, -0.2) is 35.6 Å². The number of aryl methyl sites for hydroxylation is 1. The van der Waals surface area contributed by atoms with E-state index in [2.05, 4.69) is 32.4 Å². The molecule has 0 spiro atoms. The molecule has 1 aliphatic heterocycles. The van der Waals surface area contributed by atoms with Crippen molar-refractivity contribution in [2.24, 2.45) is 5.92 Å². The molecule has 1 saturated carbocycles. The fourth-order valence-electron chi connectivity index (χ4n) is 4.10. The van der Waals surface area contributed by atoms with Crippen molar-refractivity contribution in [3.63, 3.8) is 0 Å². The molecule has 2 aliphatic rings. The molecule has 1 aliphatic carbocycles. The molecule has 1 atom stereocenters. The number of alkyl halides is 3. The van der Waals surface area contributed by atoms with E-state index in [-0.39, 0.29) is 11.4 Å². The zero-order chi connectivity index (χ0) is 22.7. The highest BCUT2D eigenvalue weighted by atomic mass is 19.4. The number of aromatic nitrogens is 2. The van der Waals surface area contributed by atoms with Gasteiger partial charge in [-0.2, -0.15) is 18.2 Å². The van der Waals surface area contributed by atoms with E-state index in [1.165, 1.54) is 25.0 Å². The summed E-state index contributed by atoms with van der Waals surface area (Å²) in [6.45, 7) is 4.93. The average Bonchev–Trinajstić information content (AvgIpc) is 3.58. The van der Waals surface area contributed by atoms with Crippen LogP contribution in [0.2, 0.25) is 0 Å². The molecule has 1 saturated heterocycles. The molecular weight excluding hydrogens is 417 g/mol. The van der Waals surface area contributed by atoms with E-state index in [4.69, 9.17) is 5.73 Å². The van der Waals surface area contributed by atoms with E-state index in [1.54, 1.807) is 0 Å². The summed E-state index contributed by atoms with van der Waals surface area (Å²) in [7, 11) is 0. The van der Waals surface area contributed by atoms with E-state index in [9.17, 15) is 13.2 Å². The molecule has 2 fully saturated rings. The van der Waals surface area contributed by atoms with Gasteiger partial charge in [0.1, 0.15) is 5.82 Å². The molecule has 0 radical (unpaired) electrons. The fourth-order valence-corrected chi connectivity index (χ4v) is 4.10. The van der Waals surface area contributed by atoms with Gasteiger partial charge in [0.25, 0.3) is 0 Å². The van der Waals surface area contributed by atoms with Crippen LogP contribution in [-0.2, 0) is 12.6 Å². The van der Waals surface area contributed by atoms with Crippen molar-refractivity contribution in [2.45, 2.75) is 57.7 Å². The highest BCUT2D eigenvalue weighted by Crippen LogP contribution is 2.35. The Hall–Kier alpha value is -2.55. The average molecular weight is 449 g/mol. The fraction of sp³-hybridized carbons (Fsp3) is 0.565. The first-order valence-corrected chi connectivity index (χ1v) is 11.4. The first kappa shape index (κ1) is 22.6. The number of nitrogens with two attached hydrogens (primary N) is 1. The first-order valence-electron chi connectivity index (χ1n) is 11.4. The Kier molecular flexibility index (Phi) is 6.74. The lowest BCUT2D eigenvalue weighted by Gasteiger charge is -2.34. The third kappa shape index (κ3) is 5.82. The smallest absolute Gasteiger partial charge is 0.398 e. The molecule has 1 aromatic carbocycles. The van der Waals surface area contributed by atoms with Crippen LogP contribution in [0.5, 0.6) is 0 Å². The molecule has 2 aromatic rings. The normalized spacial score (nSPS) is 19.2. The highest BCUT2D eigenvalue weighted by molar-refractivity contribution is 5.63. The molecule has 2 heterocycles. The molecular formula is C23H31F3N6. The Labute approximate surface area is 186 Å². The molecule has 1 unspecified atom stereocenters. The predicted octanol–water partition coefficient (Wildman–Crippen LogP) is 4.74. The van der Waals surface area contributed by atoms with Crippen molar-refractivity contribution >= 4 is 23.1 Å². The lowest BCUT2D eigenvalue weighted by molar-refractivity contribution is -0.136. The summed E-state index contributed by atoms with van der Waals surface area (Å²) < 4.78 is 39.7. The van der Waals surface area contributed by atoms with Gasteiger partial charge in [0.2, 0.25) is 5.95 Å². The summed E-state index contributed by atoms with van der Waals surface area (Å²) in [4.78, 5) is 11.4. The Bertz CT molecular complexity index is 928. The number of nitrogen functional groups attached to an aromatic ring is 1. The van der Waals surface area contributed by atoms with Gasteiger partial charge in [0, 0.05) is 42.3 Å². The number of anilines is 4. The second kappa shape index (κ2) is 9.52. The second-order valence-corrected chi connectivity index (χ2v) is 8.85. The minimum atomic E-state index is -4.52.